The highest BCUT2D eigenvalue weighted by molar-refractivity contribution is 6.30. The molecule has 1 aliphatic rings. The van der Waals surface area contributed by atoms with Crippen molar-refractivity contribution in [1.29, 1.82) is 0 Å². The van der Waals surface area contributed by atoms with Crippen LogP contribution in [-0.2, 0) is 0 Å². The van der Waals surface area contributed by atoms with E-state index in [1.807, 2.05) is 18.2 Å². The molecule has 1 saturated carbocycles. The van der Waals surface area contributed by atoms with Crippen LogP contribution in [0, 0.1) is 5.92 Å². The van der Waals surface area contributed by atoms with Gasteiger partial charge < -0.3 is 10.4 Å². The van der Waals surface area contributed by atoms with Crippen LogP contribution >= 0.6 is 11.6 Å². The fourth-order valence-corrected chi connectivity index (χ4v) is 3.21. The zero-order chi connectivity index (χ0) is 14.6. The van der Waals surface area contributed by atoms with Crippen LogP contribution in [0.2, 0.25) is 5.02 Å². The Balaban J connectivity index is 1.94. The molecule has 1 aromatic rings. The minimum absolute atomic E-state index is 0.261. The monoisotopic (exact) mass is 295 g/mol. The lowest BCUT2D eigenvalue weighted by Crippen LogP contribution is -2.44. The van der Waals surface area contributed by atoms with E-state index >= 15 is 0 Å². The van der Waals surface area contributed by atoms with Gasteiger partial charge in [0.15, 0.2) is 0 Å². The molecule has 20 heavy (non-hydrogen) atoms. The summed E-state index contributed by atoms with van der Waals surface area (Å²) < 4.78 is 0. The quantitative estimate of drug-likeness (QED) is 0.848. The molecule has 3 heteroatoms. The van der Waals surface area contributed by atoms with E-state index in [1.165, 1.54) is 5.56 Å². The SMILES string of the molecule is CCC(NCC1(O)CCC(C)CC1)c1cccc(Cl)c1. The van der Waals surface area contributed by atoms with Crippen molar-refractivity contribution in [2.75, 3.05) is 6.54 Å². The Morgan fingerprint density at radius 2 is 2.10 bits per heavy atom. The van der Waals surface area contributed by atoms with Crippen molar-refractivity contribution in [3.63, 3.8) is 0 Å². The minimum atomic E-state index is -0.529. The number of benzene rings is 1. The third-order valence-electron chi connectivity index (χ3n) is 4.54. The Morgan fingerprint density at radius 3 is 2.70 bits per heavy atom. The molecule has 2 rings (SSSR count). The Bertz CT molecular complexity index is 427. The van der Waals surface area contributed by atoms with Crippen LogP contribution in [0.15, 0.2) is 24.3 Å². The second-order valence-electron chi connectivity index (χ2n) is 6.30. The van der Waals surface area contributed by atoms with Crippen LogP contribution in [0.4, 0.5) is 0 Å². The first kappa shape index (κ1) is 15.8. The Kier molecular flexibility index (Phi) is 5.48. The van der Waals surface area contributed by atoms with Crippen LogP contribution in [0.25, 0.3) is 0 Å². The van der Waals surface area contributed by atoms with Gasteiger partial charge in [-0.1, -0.05) is 37.6 Å². The van der Waals surface area contributed by atoms with Gasteiger partial charge in [0.2, 0.25) is 0 Å². The first-order valence-electron chi connectivity index (χ1n) is 7.73. The van der Waals surface area contributed by atoms with Gasteiger partial charge >= 0.3 is 0 Å². The highest BCUT2D eigenvalue weighted by atomic mass is 35.5. The summed E-state index contributed by atoms with van der Waals surface area (Å²) in [5.41, 5.74) is 0.672. The van der Waals surface area contributed by atoms with Crippen LogP contribution in [-0.4, -0.2) is 17.3 Å². The number of rotatable bonds is 5. The van der Waals surface area contributed by atoms with Gasteiger partial charge in [0.25, 0.3) is 0 Å². The van der Waals surface area contributed by atoms with E-state index < -0.39 is 5.60 Å². The van der Waals surface area contributed by atoms with Gasteiger partial charge in [-0.2, -0.15) is 0 Å². The summed E-state index contributed by atoms with van der Waals surface area (Å²) in [4.78, 5) is 0. The second-order valence-corrected chi connectivity index (χ2v) is 6.74. The molecule has 0 spiro atoms. The molecule has 1 unspecified atom stereocenters. The molecule has 0 bridgehead atoms. The summed E-state index contributed by atoms with van der Waals surface area (Å²) in [5.74, 6) is 0.755. The third-order valence-corrected chi connectivity index (χ3v) is 4.78. The van der Waals surface area contributed by atoms with Crippen molar-refractivity contribution in [3.05, 3.63) is 34.9 Å². The molecule has 1 aliphatic carbocycles. The molecule has 1 aromatic carbocycles. The maximum atomic E-state index is 10.6. The zero-order valence-corrected chi connectivity index (χ0v) is 13.3. The van der Waals surface area contributed by atoms with Crippen molar-refractivity contribution in [3.8, 4) is 0 Å². The molecule has 0 radical (unpaired) electrons. The lowest BCUT2D eigenvalue weighted by molar-refractivity contribution is -0.00830. The topological polar surface area (TPSA) is 32.3 Å². The summed E-state index contributed by atoms with van der Waals surface area (Å²) in [6, 6.07) is 8.25. The van der Waals surface area contributed by atoms with Crippen molar-refractivity contribution in [2.45, 2.75) is 57.6 Å². The molecule has 1 atom stereocenters. The summed E-state index contributed by atoms with van der Waals surface area (Å²) >= 11 is 6.06. The molecule has 1 fully saturated rings. The van der Waals surface area contributed by atoms with Crippen molar-refractivity contribution in [2.24, 2.45) is 5.92 Å². The predicted molar refractivity (Wildman–Crippen MR) is 85.1 cm³/mol. The van der Waals surface area contributed by atoms with E-state index in [1.54, 1.807) is 0 Å². The van der Waals surface area contributed by atoms with E-state index in [2.05, 4.69) is 25.2 Å². The summed E-state index contributed by atoms with van der Waals surface area (Å²) in [5, 5.41) is 14.9. The maximum absolute atomic E-state index is 10.6. The number of hydrogen-bond donors (Lipinski definition) is 2. The highest BCUT2D eigenvalue weighted by Crippen LogP contribution is 2.32. The van der Waals surface area contributed by atoms with Crippen LogP contribution in [0.3, 0.4) is 0 Å². The molecule has 0 aromatic heterocycles. The zero-order valence-electron chi connectivity index (χ0n) is 12.5. The van der Waals surface area contributed by atoms with E-state index in [-0.39, 0.29) is 6.04 Å². The predicted octanol–water partition coefficient (Wildman–Crippen LogP) is 4.32. The lowest BCUT2D eigenvalue weighted by Gasteiger charge is -2.36. The van der Waals surface area contributed by atoms with Crippen molar-refractivity contribution < 1.29 is 5.11 Å². The highest BCUT2D eigenvalue weighted by Gasteiger charge is 2.32. The number of halogens is 1. The van der Waals surface area contributed by atoms with Crippen LogP contribution < -0.4 is 5.32 Å². The molecular weight excluding hydrogens is 270 g/mol. The van der Waals surface area contributed by atoms with Crippen LogP contribution in [0.5, 0.6) is 0 Å². The minimum Gasteiger partial charge on any atom is -0.389 e. The van der Waals surface area contributed by atoms with Gasteiger partial charge in [-0.25, -0.2) is 0 Å². The van der Waals surface area contributed by atoms with Crippen molar-refractivity contribution in [1.82, 2.24) is 5.32 Å². The van der Waals surface area contributed by atoms with E-state index in [0.29, 0.717) is 6.54 Å². The molecule has 2 N–H and O–H groups in total. The average Bonchev–Trinajstić information content (AvgIpc) is 2.43. The van der Waals surface area contributed by atoms with E-state index in [0.717, 1.165) is 43.0 Å². The van der Waals surface area contributed by atoms with Gasteiger partial charge in [-0.05, 0) is 55.7 Å². The summed E-state index contributed by atoms with van der Waals surface area (Å²) in [7, 11) is 0. The maximum Gasteiger partial charge on any atom is 0.0772 e. The number of nitrogens with one attached hydrogen (secondary N) is 1. The number of aliphatic hydroxyl groups is 1. The van der Waals surface area contributed by atoms with Gasteiger partial charge in [0.05, 0.1) is 5.60 Å². The molecule has 0 aliphatic heterocycles. The average molecular weight is 296 g/mol. The fourth-order valence-electron chi connectivity index (χ4n) is 3.01. The Hall–Kier alpha value is -0.570. The van der Waals surface area contributed by atoms with Crippen molar-refractivity contribution >= 4 is 11.6 Å². The second kappa shape index (κ2) is 6.93. The first-order valence-corrected chi connectivity index (χ1v) is 8.11. The Labute approximate surface area is 127 Å². The largest absolute Gasteiger partial charge is 0.389 e. The molecule has 0 heterocycles. The third kappa shape index (κ3) is 4.21. The van der Waals surface area contributed by atoms with Gasteiger partial charge in [-0.15, -0.1) is 0 Å². The van der Waals surface area contributed by atoms with Crippen LogP contribution in [0.1, 0.15) is 57.6 Å². The first-order chi connectivity index (χ1) is 9.52. The molecule has 2 nitrogen and oxygen atoms in total. The normalized spacial score (nSPS) is 28.3. The number of hydrogen-bond acceptors (Lipinski definition) is 2. The summed E-state index contributed by atoms with van der Waals surface area (Å²) in [6.07, 6.45) is 5.07. The molecular formula is C17H26ClNO. The standard InChI is InChI=1S/C17H26ClNO/c1-3-16(14-5-4-6-15(18)11-14)19-12-17(20)9-7-13(2)8-10-17/h4-6,11,13,16,19-20H,3,7-10,12H2,1-2H3. The smallest absolute Gasteiger partial charge is 0.0772 e. The molecule has 0 saturated heterocycles. The fraction of sp³-hybridized carbons (Fsp3) is 0.647. The lowest BCUT2D eigenvalue weighted by atomic mass is 9.79. The van der Waals surface area contributed by atoms with E-state index in [4.69, 9.17) is 11.6 Å². The van der Waals surface area contributed by atoms with Gasteiger partial charge in [0.1, 0.15) is 0 Å². The van der Waals surface area contributed by atoms with E-state index in [9.17, 15) is 5.11 Å². The van der Waals surface area contributed by atoms with Gasteiger partial charge in [-0.3, -0.25) is 0 Å². The molecule has 0 amide bonds. The Morgan fingerprint density at radius 1 is 1.40 bits per heavy atom. The van der Waals surface area contributed by atoms with Gasteiger partial charge in [0, 0.05) is 17.6 Å². The molecule has 112 valence electrons. The summed E-state index contributed by atoms with van der Waals surface area (Å²) in [6.45, 7) is 5.10.